The SMILES string of the molecule is CC(=O)c1ccccc1NS(=O)(=O)c1cccc(OC(F)(F)F)c1. The van der Waals surface area contributed by atoms with Crippen molar-refractivity contribution in [1.82, 2.24) is 0 Å². The molecule has 0 fully saturated rings. The summed E-state index contributed by atoms with van der Waals surface area (Å²) in [6, 6.07) is 9.85. The average Bonchev–Trinajstić information content (AvgIpc) is 2.45. The maximum absolute atomic E-state index is 12.3. The van der Waals surface area contributed by atoms with E-state index in [1.165, 1.54) is 25.1 Å². The molecular formula is C15H12F3NO4S. The minimum atomic E-state index is -4.93. The monoisotopic (exact) mass is 359 g/mol. The van der Waals surface area contributed by atoms with Gasteiger partial charge in [-0.3, -0.25) is 9.52 Å². The number of ether oxygens (including phenoxy) is 1. The molecule has 0 aliphatic rings. The summed E-state index contributed by atoms with van der Waals surface area (Å²) in [7, 11) is -4.20. The van der Waals surface area contributed by atoms with E-state index in [2.05, 4.69) is 9.46 Å². The third-order valence-electron chi connectivity index (χ3n) is 2.90. The molecule has 5 nitrogen and oxygen atoms in total. The van der Waals surface area contributed by atoms with Crippen molar-refractivity contribution in [2.75, 3.05) is 4.72 Å². The first-order chi connectivity index (χ1) is 11.1. The predicted molar refractivity (Wildman–Crippen MR) is 80.4 cm³/mol. The van der Waals surface area contributed by atoms with Gasteiger partial charge in [-0.25, -0.2) is 8.42 Å². The summed E-state index contributed by atoms with van der Waals surface area (Å²) in [5, 5.41) is 0. The lowest BCUT2D eigenvalue weighted by atomic mass is 10.1. The summed E-state index contributed by atoms with van der Waals surface area (Å²) in [4.78, 5) is 11.1. The molecule has 0 atom stereocenters. The van der Waals surface area contributed by atoms with Gasteiger partial charge < -0.3 is 4.74 Å². The summed E-state index contributed by atoms with van der Waals surface area (Å²) in [6.45, 7) is 1.27. The van der Waals surface area contributed by atoms with Crippen molar-refractivity contribution >= 4 is 21.5 Å². The molecule has 0 saturated heterocycles. The van der Waals surface area contributed by atoms with Gasteiger partial charge in [-0.2, -0.15) is 0 Å². The van der Waals surface area contributed by atoms with Gasteiger partial charge in [0.25, 0.3) is 10.0 Å². The number of anilines is 1. The molecule has 0 radical (unpaired) electrons. The molecule has 0 aromatic heterocycles. The van der Waals surface area contributed by atoms with Crippen LogP contribution in [-0.2, 0) is 10.0 Å². The van der Waals surface area contributed by atoms with Crippen LogP contribution >= 0.6 is 0 Å². The maximum Gasteiger partial charge on any atom is 0.573 e. The molecule has 0 spiro atoms. The van der Waals surface area contributed by atoms with Crippen LogP contribution in [0.1, 0.15) is 17.3 Å². The van der Waals surface area contributed by atoms with Crippen LogP contribution in [0, 0.1) is 0 Å². The van der Waals surface area contributed by atoms with Crippen LogP contribution in [-0.4, -0.2) is 20.6 Å². The Labute approximate surface area is 136 Å². The van der Waals surface area contributed by atoms with Crippen molar-refractivity contribution in [1.29, 1.82) is 0 Å². The molecular weight excluding hydrogens is 347 g/mol. The number of alkyl halides is 3. The number of hydrogen-bond acceptors (Lipinski definition) is 4. The Hall–Kier alpha value is -2.55. The zero-order valence-corrected chi connectivity index (χ0v) is 13.1. The quantitative estimate of drug-likeness (QED) is 0.828. The van der Waals surface area contributed by atoms with Gasteiger partial charge in [0.2, 0.25) is 0 Å². The van der Waals surface area contributed by atoms with Crippen molar-refractivity contribution < 1.29 is 31.1 Å². The van der Waals surface area contributed by atoms with E-state index in [1.54, 1.807) is 6.07 Å². The van der Waals surface area contributed by atoms with Crippen LogP contribution in [0.2, 0.25) is 0 Å². The molecule has 0 unspecified atom stereocenters. The van der Waals surface area contributed by atoms with E-state index in [-0.39, 0.29) is 17.0 Å². The molecule has 2 rings (SSSR count). The molecule has 0 heterocycles. The van der Waals surface area contributed by atoms with E-state index in [1.807, 2.05) is 0 Å². The Kier molecular flexibility index (Phi) is 4.83. The second-order valence-electron chi connectivity index (χ2n) is 4.73. The predicted octanol–water partition coefficient (Wildman–Crippen LogP) is 3.59. The number of para-hydroxylation sites is 1. The van der Waals surface area contributed by atoms with Gasteiger partial charge in [0, 0.05) is 11.6 Å². The minimum absolute atomic E-state index is 0.0344. The minimum Gasteiger partial charge on any atom is -0.406 e. The van der Waals surface area contributed by atoms with Crippen molar-refractivity contribution in [3.8, 4) is 5.75 Å². The smallest absolute Gasteiger partial charge is 0.406 e. The molecule has 2 aromatic carbocycles. The second kappa shape index (κ2) is 6.52. The molecule has 128 valence electrons. The van der Waals surface area contributed by atoms with Crippen LogP contribution in [0.5, 0.6) is 5.75 Å². The number of halogens is 3. The number of hydrogen-bond donors (Lipinski definition) is 1. The molecule has 24 heavy (non-hydrogen) atoms. The van der Waals surface area contributed by atoms with E-state index in [0.29, 0.717) is 0 Å². The topological polar surface area (TPSA) is 72.5 Å². The van der Waals surface area contributed by atoms with Gasteiger partial charge in [-0.15, -0.1) is 13.2 Å². The second-order valence-corrected chi connectivity index (χ2v) is 6.41. The first-order valence-corrected chi connectivity index (χ1v) is 8.05. The van der Waals surface area contributed by atoms with Gasteiger partial charge in [-0.1, -0.05) is 18.2 Å². The third kappa shape index (κ3) is 4.48. The molecule has 0 aliphatic heterocycles. The number of benzene rings is 2. The summed E-state index contributed by atoms with van der Waals surface area (Å²) >= 11 is 0. The fourth-order valence-electron chi connectivity index (χ4n) is 1.92. The van der Waals surface area contributed by atoms with Gasteiger partial charge in [0.1, 0.15) is 5.75 Å². The van der Waals surface area contributed by atoms with E-state index < -0.39 is 27.0 Å². The van der Waals surface area contributed by atoms with Crippen LogP contribution in [0.4, 0.5) is 18.9 Å². The van der Waals surface area contributed by atoms with Gasteiger partial charge in [-0.05, 0) is 31.2 Å². The lowest BCUT2D eigenvalue weighted by Crippen LogP contribution is -2.18. The first-order valence-electron chi connectivity index (χ1n) is 6.57. The standard InChI is InChI=1S/C15H12F3NO4S/c1-10(20)13-7-2-3-8-14(13)19-24(21,22)12-6-4-5-11(9-12)23-15(16,17)18/h2-9,19H,1H3. The number of ketones is 1. The van der Waals surface area contributed by atoms with Gasteiger partial charge >= 0.3 is 6.36 Å². The lowest BCUT2D eigenvalue weighted by molar-refractivity contribution is -0.274. The molecule has 0 saturated carbocycles. The summed E-state index contributed by atoms with van der Waals surface area (Å²) in [6.07, 6.45) is -4.93. The third-order valence-corrected chi connectivity index (χ3v) is 4.26. The van der Waals surface area contributed by atoms with Gasteiger partial charge in [0.05, 0.1) is 10.6 Å². The zero-order chi connectivity index (χ0) is 18.0. The van der Waals surface area contributed by atoms with E-state index in [0.717, 1.165) is 24.3 Å². The normalized spacial score (nSPS) is 11.8. The highest BCUT2D eigenvalue weighted by molar-refractivity contribution is 7.92. The number of sulfonamides is 1. The van der Waals surface area contributed by atoms with E-state index in [9.17, 15) is 26.4 Å². The largest absolute Gasteiger partial charge is 0.573 e. The highest BCUT2D eigenvalue weighted by Crippen LogP contribution is 2.26. The van der Waals surface area contributed by atoms with Crippen LogP contribution in [0.25, 0.3) is 0 Å². The molecule has 0 bridgehead atoms. The fraction of sp³-hybridized carbons (Fsp3) is 0.133. The molecule has 1 N–H and O–H groups in total. The Balaban J connectivity index is 2.35. The number of nitrogens with one attached hydrogen (secondary N) is 1. The first kappa shape index (κ1) is 17.8. The van der Waals surface area contributed by atoms with Crippen molar-refractivity contribution in [3.63, 3.8) is 0 Å². The Morgan fingerprint density at radius 2 is 1.75 bits per heavy atom. The summed E-state index contributed by atoms with van der Waals surface area (Å²) in [5.74, 6) is -1.02. The molecule has 0 aliphatic carbocycles. The fourth-order valence-corrected chi connectivity index (χ4v) is 3.04. The van der Waals surface area contributed by atoms with Crippen molar-refractivity contribution in [3.05, 3.63) is 54.1 Å². The lowest BCUT2D eigenvalue weighted by Gasteiger charge is -2.13. The maximum atomic E-state index is 12.3. The molecule has 2 aromatic rings. The van der Waals surface area contributed by atoms with Crippen molar-refractivity contribution in [2.24, 2.45) is 0 Å². The number of Topliss-reactive ketones (excluding diaryl/α,β-unsaturated/α-hetero) is 1. The number of carbonyl (C=O) groups excluding carboxylic acids is 1. The molecule has 9 heteroatoms. The Bertz CT molecular complexity index is 863. The van der Waals surface area contributed by atoms with Gasteiger partial charge in [0.15, 0.2) is 5.78 Å². The summed E-state index contributed by atoms with van der Waals surface area (Å²) in [5.41, 5.74) is 0.177. The summed E-state index contributed by atoms with van der Waals surface area (Å²) < 4.78 is 67.3. The average molecular weight is 359 g/mol. The number of carbonyl (C=O) groups is 1. The highest BCUT2D eigenvalue weighted by Gasteiger charge is 2.31. The zero-order valence-electron chi connectivity index (χ0n) is 12.3. The van der Waals surface area contributed by atoms with Crippen LogP contribution in [0.15, 0.2) is 53.4 Å². The van der Waals surface area contributed by atoms with E-state index in [4.69, 9.17) is 0 Å². The Morgan fingerprint density at radius 3 is 2.38 bits per heavy atom. The number of rotatable bonds is 5. The van der Waals surface area contributed by atoms with Crippen LogP contribution in [0.3, 0.4) is 0 Å². The Morgan fingerprint density at radius 1 is 1.08 bits per heavy atom. The van der Waals surface area contributed by atoms with Crippen molar-refractivity contribution in [2.45, 2.75) is 18.2 Å². The molecule has 0 amide bonds. The highest BCUT2D eigenvalue weighted by atomic mass is 32.2. The van der Waals surface area contributed by atoms with Crippen LogP contribution < -0.4 is 9.46 Å². The van der Waals surface area contributed by atoms with E-state index >= 15 is 0 Å².